The lowest BCUT2D eigenvalue weighted by Gasteiger charge is -2.25. The molecule has 1 unspecified atom stereocenters. The number of hydrogen-bond acceptors (Lipinski definition) is 4. The second-order valence-corrected chi connectivity index (χ2v) is 4.59. The van der Waals surface area contributed by atoms with Gasteiger partial charge in [0.05, 0.1) is 13.2 Å². The van der Waals surface area contributed by atoms with E-state index in [1.54, 1.807) is 0 Å². The molecule has 1 saturated heterocycles. The van der Waals surface area contributed by atoms with Crippen molar-refractivity contribution in [2.24, 2.45) is 0 Å². The topological polar surface area (TPSA) is 41.9 Å². The van der Waals surface area contributed by atoms with E-state index in [4.69, 9.17) is 14.6 Å². The maximum atomic E-state index is 8.98. The lowest BCUT2D eigenvalue weighted by molar-refractivity contribution is -0.164. The van der Waals surface area contributed by atoms with Crippen LogP contribution in [0, 0.1) is 0 Å². The van der Waals surface area contributed by atoms with E-state index in [1.165, 1.54) is 19.3 Å². The van der Waals surface area contributed by atoms with E-state index in [-0.39, 0.29) is 12.9 Å². The first-order valence-corrected chi connectivity index (χ1v) is 6.93. The highest BCUT2D eigenvalue weighted by atomic mass is 16.7. The fourth-order valence-corrected chi connectivity index (χ4v) is 2.01. The minimum Gasteiger partial charge on any atom is -0.395 e. The van der Waals surface area contributed by atoms with Gasteiger partial charge in [0, 0.05) is 19.7 Å². The van der Waals surface area contributed by atoms with Gasteiger partial charge in [-0.25, -0.2) is 0 Å². The second kappa shape index (κ2) is 9.83. The molecule has 1 aliphatic rings. The molecule has 4 heteroatoms. The number of unbranched alkanes of at least 4 members (excludes halogenated alkanes) is 1. The fraction of sp³-hybridized carbons (Fsp3) is 1.00. The van der Waals surface area contributed by atoms with Crippen LogP contribution in [-0.4, -0.2) is 55.8 Å². The van der Waals surface area contributed by atoms with E-state index < -0.39 is 0 Å². The zero-order chi connectivity index (χ0) is 12.3. The molecule has 4 nitrogen and oxygen atoms in total. The molecule has 0 bridgehead atoms. The van der Waals surface area contributed by atoms with Crippen LogP contribution in [0.25, 0.3) is 0 Å². The fourth-order valence-electron chi connectivity index (χ4n) is 2.01. The van der Waals surface area contributed by atoms with Crippen LogP contribution in [0.1, 0.15) is 39.0 Å². The molecule has 1 rings (SSSR count). The number of rotatable bonds is 9. The summed E-state index contributed by atoms with van der Waals surface area (Å²) < 4.78 is 11.2. The Kier molecular flexibility index (Phi) is 8.61. The molecular weight excluding hydrogens is 218 g/mol. The van der Waals surface area contributed by atoms with Gasteiger partial charge < -0.3 is 14.6 Å². The van der Waals surface area contributed by atoms with Crippen molar-refractivity contribution in [2.45, 2.75) is 45.3 Å². The predicted molar refractivity (Wildman–Crippen MR) is 68.0 cm³/mol. The average Bonchev–Trinajstić information content (AvgIpc) is 2.37. The Balaban J connectivity index is 2.07. The van der Waals surface area contributed by atoms with Gasteiger partial charge in [-0.1, -0.05) is 13.3 Å². The van der Waals surface area contributed by atoms with E-state index in [1.807, 2.05) is 0 Å². The smallest absolute Gasteiger partial charge is 0.157 e. The Morgan fingerprint density at radius 2 is 2.18 bits per heavy atom. The summed E-state index contributed by atoms with van der Waals surface area (Å²) in [5, 5.41) is 8.98. The maximum absolute atomic E-state index is 8.98. The lowest BCUT2D eigenvalue weighted by atomic mass is 10.2. The summed E-state index contributed by atoms with van der Waals surface area (Å²) in [6.07, 6.45) is 5.77. The first-order chi connectivity index (χ1) is 8.36. The van der Waals surface area contributed by atoms with Crippen LogP contribution in [0.4, 0.5) is 0 Å². The van der Waals surface area contributed by atoms with Gasteiger partial charge in [0.25, 0.3) is 0 Å². The molecule has 1 N–H and O–H groups in total. The van der Waals surface area contributed by atoms with E-state index in [0.717, 1.165) is 39.1 Å². The van der Waals surface area contributed by atoms with Gasteiger partial charge in [-0.05, 0) is 32.2 Å². The van der Waals surface area contributed by atoms with Gasteiger partial charge in [-0.2, -0.15) is 0 Å². The molecule has 0 radical (unpaired) electrons. The molecule has 0 aliphatic carbocycles. The van der Waals surface area contributed by atoms with E-state index in [2.05, 4.69) is 11.8 Å². The quantitative estimate of drug-likeness (QED) is 0.670. The largest absolute Gasteiger partial charge is 0.395 e. The molecular formula is C13H27NO3. The Morgan fingerprint density at radius 3 is 2.82 bits per heavy atom. The molecule has 0 aromatic heterocycles. The number of aliphatic hydroxyl groups is 1. The van der Waals surface area contributed by atoms with Crippen molar-refractivity contribution in [1.29, 1.82) is 0 Å². The van der Waals surface area contributed by atoms with Gasteiger partial charge in [-0.3, -0.25) is 4.90 Å². The van der Waals surface area contributed by atoms with Crippen LogP contribution in [0.5, 0.6) is 0 Å². The van der Waals surface area contributed by atoms with Gasteiger partial charge in [-0.15, -0.1) is 0 Å². The van der Waals surface area contributed by atoms with Gasteiger partial charge in [0.15, 0.2) is 6.29 Å². The molecule has 1 fully saturated rings. The van der Waals surface area contributed by atoms with E-state index in [0.29, 0.717) is 6.61 Å². The van der Waals surface area contributed by atoms with Crippen LogP contribution in [0.2, 0.25) is 0 Å². The first-order valence-electron chi connectivity index (χ1n) is 6.93. The Hall–Kier alpha value is -0.160. The van der Waals surface area contributed by atoms with Crippen molar-refractivity contribution in [1.82, 2.24) is 4.90 Å². The Morgan fingerprint density at radius 1 is 1.29 bits per heavy atom. The molecule has 17 heavy (non-hydrogen) atoms. The number of hydrogen-bond donors (Lipinski definition) is 1. The molecule has 1 atom stereocenters. The molecule has 0 saturated carbocycles. The summed E-state index contributed by atoms with van der Waals surface area (Å²) in [4.78, 5) is 2.26. The molecule has 0 spiro atoms. The van der Waals surface area contributed by atoms with Crippen LogP contribution >= 0.6 is 0 Å². The van der Waals surface area contributed by atoms with Crippen LogP contribution in [0.3, 0.4) is 0 Å². The molecule has 102 valence electrons. The van der Waals surface area contributed by atoms with Crippen molar-refractivity contribution in [2.75, 3.05) is 39.5 Å². The summed E-state index contributed by atoms with van der Waals surface area (Å²) in [5.41, 5.74) is 0. The summed E-state index contributed by atoms with van der Waals surface area (Å²) in [6, 6.07) is 0. The standard InChI is InChI=1S/C13H27NO3/c1-2-3-7-14(8-10-15)9-12-17-13-6-4-5-11-16-13/h13,15H,2-12H2,1H3. The second-order valence-electron chi connectivity index (χ2n) is 4.59. The molecule has 1 aliphatic heterocycles. The summed E-state index contributed by atoms with van der Waals surface area (Å²) in [7, 11) is 0. The van der Waals surface area contributed by atoms with E-state index >= 15 is 0 Å². The Labute approximate surface area is 105 Å². The SMILES string of the molecule is CCCCN(CCO)CCOC1CCCCO1. The predicted octanol–water partition coefficient (Wildman–Crippen LogP) is 1.62. The molecule has 0 aromatic carbocycles. The zero-order valence-corrected chi connectivity index (χ0v) is 11.1. The number of ether oxygens (including phenoxy) is 2. The highest BCUT2D eigenvalue weighted by Gasteiger charge is 2.14. The third-order valence-electron chi connectivity index (χ3n) is 3.09. The number of nitrogens with zero attached hydrogens (tertiary/aromatic N) is 1. The van der Waals surface area contributed by atoms with E-state index in [9.17, 15) is 0 Å². The lowest BCUT2D eigenvalue weighted by Crippen LogP contribution is -2.33. The Bertz CT molecular complexity index is 172. The van der Waals surface area contributed by atoms with Crippen molar-refractivity contribution >= 4 is 0 Å². The molecule has 0 amide bonds. The maximum Gasteiger partial charge on any atom is 0.157 e. The summed E-state index contributed by atoms with van der Waals surface area (Å²) in [6.45, 7) is 6.63. The minimum absolute atomic E-state index is 0.00546. The molecule has 1 heterocycles. The third kappa shape index (κ3) is 6.99. The van der Waals surface area contributed by atoms with Crippen molar-refractivity contribution in [3.8, 4) is 0 Å². The third-order valence-corrected chi connectivity index (χ3v) is 3.09. The number of aliphatic hydroxyl groups excluding tert-OH is 1. The summed E-state index contributed by atoms with van der Waals surface area (Å²) in [5.74, 6) is 0. The van der Waals surface area contributed by atoms with Crippen LogP contribution in [-0.2, 0) is 9.47 Å². The van der Waals surface area contributed by atoms with Gasteiger partial charge in [0.1, 0.15) is 0 Å². The molecule has 0 aromatic rings. The van der Waals surface area contributed by atoms with Crippen LogP contribution in [0.15, 0.2) is 0 Å². The van der Waals surface area contributed by atoms with Gasteiger partial charge in [0.2, 0.25) is 0 Å². The van der Waals surface area contributed by atoms with Crippen LogP contribution < -0.4 is 0 Å². The highest BCUT2D eigenvalue weighted by molar-refractivity contribution is 4.58. The zero-order valence-electron chi connectivity index (χ0n) is 11.1. The van der Waals surface area contributed by atoms with Gasteiger partial charge >= 0.3 is 0 Å². The van der Waals surface area contributed by atoms with Crippen molar-refractivity contribution in [3.05, 3.63) is 0 Å². The summed E-state index contributed by atoms with van der Waals surface area (Å²) >= 11 is 0. The minimum atomic E-state index is 0.00546. The first kappa shape index (κ1) is 14.9. The average molecular weight is 245 g/mol. The highest BCUT2D eigenvalue weighted by Crippen LogP contribution is 2.13. The van der Waals surface area contributed by atoms with Crippen molar-refractivity contribution in [3.63, 3.8) is 0 Å². The normalized spacial score (nSPS) is 21.0. The van der Waals surface area contributed by atoms with Crippen molar-refractivity contribution < 1.29 is 14.6 Å². The monoisotopic (exact) mass is 245 g/mol.